The zero-order chi connectivity index (χ0) is 11.7. The lowest BCUT2D eigenvalue weighted by Crippen LogP contribution is -2.15. The molecule has 0 atom stereocenters. The highest BCUT2D eigenvalue weighted by Crippen LogP contribution is 2.22. The van der Waals surface area contributed by atoms with Gasteiger partial charge in [-0.1, -0.05) is 45.0 Å². The molecule has 1 aromatic rings. The van der Waals surface area contributed by atoms with E-state index in [1.807, 2.05) is 24.3 Å². The van der Waals surface area contributed by atoms with Crippen molar-refractivity contribution < 1.29 is 8.42 Å². The molecule has 0 fully saturated rings. The Kier molecular flexibility index (Phi) is 3.21. The summed E-state index contributed by atoms with van der Waals surface area (Å²) >= 11 is 0. The second-order valence-electron chi connectivity index (χ2n) is 4.75. The number of nitrogens with two attached hydrogens (primary N) is 1. The number of hydrogen-bond acceptors (Lipinski definition) is 2. The molecule has 15 heavy (non-hydrogen) atoms. The Balaban J connectivity index is 2.91. The molecule has 1 aromatic carbocycles. The van der Waals surface area contributed by atoms with Crippen LogP contribution in [0.15, 0.2) is 24.3 Å². The molecule has 3 nitrogen and oxygen atoms in total. The number of sulfonamides is 1. The predicted octanol–water partition coefficient (Wildman–Crippen LogP) is 1.77. The largest absolute Gasteiger partial charge is 0.228 e. The van der Waals surface area contributed by atoms with Crippen LogP contribution in [-0.2, 0) is 21.2 Å². The van der Waals surface area contributed by atoms with Crippen LogP contribution in [0.4, 0.5) is 0 Å². The molecular weight excluding hydrogens is 210 g/mol. The lowest BCUT2D eigenvalue weighted by atomic mass is 9.87. The van der Waals surface area contributed by atoms with Crippen LogP contribution in [0.25, 0.3) is 0 Å². The summed E-state index contributed by atoms with van der Waals surface area (Å²) < 4.78 is 21.7. The Morgan fingerprint density at radius 1 is 1.13 bits per heavy atom. The first-order valence-corrected chi connectivity index (χ1v) is 6.50. The second-order valence-corrected chi connectivity index (χ2v) is 6.37. The zero-order valence-corrected chi connectivity index (χ0v) is 10.1. The highest BCUT2D eigenvalue weighted by molar-refractivity contribution is 7.88. The Hall–Kier alpha value is -0.870. The molecule has 4 heteroatoms. The van der Waals surface area contributed by atoms with Gasteiger partial charge in [-0.15, -0.1) is 0 Å². The van der Waals surface area contributed by atoms with E-state index in [0.717, 1.165) is 5.56 Å². The highest BCUT2D eigenvalue weighted by Gasteiger charge is 2.13. The molecule has 0 aliphatic carbocycles. The van der Waals surface area contributed by atoms with Gasteiger partial charge in [-0.05, 0) is 16.5 Å². The SMILES string of the molecule is CC(C)(C)c1ccc(CS(N)(=O)=O)cc1. The fourth-order valence-electron chi connectivity index (χ4n) is 1.33. The Morgan fingerprint density at radius 2 is 1.60 bits per heavy atom. The van der Waals surface area contributed by atoms with Crippen LogP contribution in [0.1, 0.15) is 31.9 Å². The van der Waals surface area contributed by atoms with Crippen molar-refractivity contribution in [2.45, 2.75) is 31.9 Å². The van der Waals surface area contributed by atoms with Gasteiger partial charge in [0.25, 0.3) is 0 Å². The van der Waals surface area contributed by atoms with Crippen LogP contribution in [0.3, 0.4) is 0 Å². The maximum atomic E-state index is 10.9. The van der Waals surface area contributed by atoms with Crippen LogP contribution >= 0.6 is 0 Å². The van der Waals surface area contributed by atoms with E-state index >= 15 is 0 Å². The topological polar surface area (TPSA) is 60.2 Å². The average Bonchev–Trinajstić information content (AvgIpc) is 2.00. The molecule has 0 saturated heterocycles. The van der Waals surface area contributed by atoms with Crippen molar-refractivity contribution in [3.8, 4) is 0 Å². The minimum absolute atomic E-state index is 0.0835. The first-order valence-electron chi connectivity index (χ1n) is 4.78. The molecule has 1 rings (SSSR count). The summed E-state index contributed by atoms with van der Waals surface area (Å²) in [4.78, 5) is 0. The van der Waals surface area contributed by atoms with Crippen LogP contribution in [-0.4, -0.2) is 8.42 Å². The number of benzene rings is 1. The van der Waals surface area contributed by atoms with Crippen LogP contribution in [0, 0.1) is 0 Å². The quantitative estimate of drug-likeness (QED) is 0.837. The zero-order valence-electron chi connectivity index (χ0n) is 9.32. The van der Waals surface area contributed by atoms with E-state index in [4.69, 9.17) is 5.14 Å². The fraction of sp³-hybridized carbons (Fsp3) is 0.455. The van der Waals surface area contributed by atoms with E-state index in [1.54, 1.807) is 0 Å². The maximum Gasteiger partial charge on any atom is 0.213 e. The fourth-order valence-corrected chi connectivity index (χ4v) is 1.99. The molecule has 0 spiro atoms. The standard InChI is InChI=1S/C11H17NO2S/c1-11(2,3)10-6-4-9(5-7-10)8-15(12,13)14/h4-7H,8H2,1-3H3,(H2,12,13,14). The Labute approximate surface area is 91.4 Å². The monoisotopic (exact) mass is 227 g/mol. The maximum absolute atomic E-state index is 10.9. The predicted molar refractivity (Wildman–Crippen MR) is 62.0 cm³/mol. The van der Waals surface area contributed by atoms with Gasteiger partial charge in [-0.25, -0.2) is 13.6 Å². The van der Waals surface area contributed by atoms with Gasteiger partial charge in [-0.3, -0.25) is 0 Å². The molecule has 0 bridgehead atoms. The van der Waals surface area contributed by atoms with Crippen molar-refractivity contribution >= 4 is 10.0 Å². The molecule has 0 amide bonds. The van der Waals surface area contributed by atoms with Crippen LogP contribution in [0.2, 0.25) is 0 Å². The first-order chi connectivity index (χ1) is 6.68. The number of hydrogen-bond donors (Lipinski definition) is 1. The third-order valence-electron chi connectivity index (χ3n) is 2.19. The van der Waals surface area contributed by atoms with E-state index in [0.29, 0.717) is 0 Å². The molecule has 2 N–H and O–H groups in total. The molecule has 0 saturated carbocycles. The van der Waals surface area contributed by atoms with Crippen molar-refractivity contribution in [1.29, 1.82) is 0 Å². The highest BCUT2D eigenvalue weighted by atomic mass is 32.2. The molecule has 0 aliphatic heterocycles. The summed E-state index contributed by atoms with van der Waals surface area (Å²) in [5.74, 6) is -0.0998. The van der Waals surface area contributed by atoms with Crippen molar-refractivity contribution in [2.75, 3.05) is 0 Å². The summed E-state index contributed by atoms with van der Waals surface area (Å²) in [6, 6.07) is 7.51. The van der Waals surface area contributed by atoms with Crippen molar-refractivity contribution in [2.24, 2.45) is 5.14 Å². The minimum Gasteiger partial charge on any atom is -0.228 e. The van der Waals surface area contributed by atoms with Gasteiger partial charge < -0.3 is 0 Å². The second kappa shape index (κ2) is 3.94. The third-order valence-corrected chi connectivity index (χ3v) is 2.92. The van der Waals surface area contributed by atoms with Crippen LogP contribution < -0.4 is 5.14 Å². The van der Waals surface area contributed by atoms with Crippen LogP contribution in [0.5, 0.6) is 0 Å². The summed E-state index contributed by atoms with van der Waals surface area (Å²) in [6.07, 6.45) is 0. The Bertz CT molecular complexity index is 427. The smallest absolute Gasteiger partial charge is 0.213 e. The van der Waals surface area contributed by atoms with E-state index in [9.17, 15) is 8.42 Å². The summed E-state index contributed by atoms with van der Waals surface area (Å²) in [6.45, 7) is 6.34. The van der Waals surface area contributed by atoms with Crippen molar-refractivity contribution in [3.63, 3.8) is 0 Å². The summed E-state index contributed by atoms with van der Waals surface area (Å²) in [5, 5.41) is 4.96. The van der Waals surface area contributed by atoms with Gasteiger partial charge in [-0.2, -0.15) is 0 Å². The van der Waals surface area contributed by atoms with Gasteiger partial charge in [0.05, 0.1) is 5.75 Å². The molecule has 0 aliphatic rings. The number of primary sulfonamides is 1. The lowest BCUT2D eigenvalue weighted by Gasteiger charge is -2.18. The average molecular weight is 227 g/mol. The lowest BCUT2D eigenvalue weighted by molar-refractivity contribution is 0.590. The molecule has 0 unspecified atom stereocenters. The van der Waals surface area contributed by atoms with Gasteiger partial charge in [0, 0.05) is 0 Å². The molecule has 0 aromatic heterocycles. The molecular formula is C11H17NO2S. The van der Waals surface area contributed by atoms with E-state index < -0.39 is 10.0 Å². The van der Waals surface area contributed by atoms with Gasteiger partial charge >= 0.3 is 0 Å². The number of rotatable bonds is 2. The van der Waals surface area contributed by atoms with Gasteiger partial charge in [0.2, 0.25) is 10.0 Å². The van der Waals surface area contributed by atoms with Crippen molar-refractivity contribution in [3.05, 3.63) is 35.4 Å². The van der Waals surface area contributed by atoms with E-state index in [1.165, 1.54) is 5.56 Å². The van der Waals surface area contributed by atoms with Crippen molar-refractivity contribution in [1.82, 2.24) is 0 Å². The van der Waals surface area contributed by atoms with Gasteiger partial charge in [0.1, 0.15) is 0 Å². The third kappa shape index (κ3) is 4.01. The van der Waals surface area contributed by atoms with E-state index in [-0.39, 0.29) is 11.2 Å². The summed E-state index contributed by atoms with van der Waals surface area (Å²) in [5.41, 5.74) is 1.99. The van der Waals surface area contributed by atoms with E-state index in [2.05, 4.69) is 20.8 Å². The summed E-state index contributed by atoms with van der Waals surface area (Å²) in [7, 11) is -3.43. The normalized spacial score (nSPS) is 12.8. The Morgan fingerprint density at radius 3 is 1.93 bits per heavy atom. The minimum atomic E-state index is -3.43. The molecule has 0 heterocycles. The first kappa shape index (κ1) is 12.2. The van der Waals surface area contributed by atoms with Gasteiger partial charge in [0.15, 0.2) is 0 Å². The molecule has 0 radical (unpaired) electrons. The molecule has 84 valence electrons.